The molecule has 0 radical (unpaired) electrons. The number of nitriles is 1. The van der Waals surface area contributed by atoms with E-state index in [0.29, 0.717) is 18.4 Å². The maximum atomic E-state index is 11.6. The number of thioether (sulfide) groups is 1. The van der Waals surface area contributed by atoms with E-state index in [1.807, 2.05) is 6.92 Å². The summed E-state index contributed by atoms with van der Waals surface area (Å²) in [5.74, 6) is 0.349. The van der Waals surface area contributed by atoms with Crippen LogP contribution in [0.2, 0.25) is 0 Å². The molecule has 0 saturated carbocycles. The molecule has 5 nitrogen and oxygen atoms in total. The van der Waals surface area contributed by atoms with Crippen molar-refractivity contribution in [1.29, 1.82) is 5.26 Å². The Morgan fingerprint density at radius 2 is 2.07 bits per heavy atom. The van der Waals surface area contributed by atoms with E-state index in [1.54, 1.807) is 0 Å². The number of rotatable bonds is 8. The number of carbonyl (C=O) groups excluding carboxylic acids is 1. The van der Waals surface area contributed by atoms with Crippen LogP contribution >= 0.6 is 11.8 Å². The maximum absolute atomic E-state index is 11.6. The van der Waals surface area contributed by atoms with Gasteiger partial charge in [-0.1, -0.05) is 26.8 Å². The van der Waals surface area contributed by atoms with Gasteiger partial charge in [0, 0.05) is 30.7 Å². The lowest BCUT2D eigenvalue weighted by atomic mass is 9.96. The molecule has 27 heavy (non-hydrogen) atoms. The molecule has 0 spiro atoms. The van der Waals surface area contributed by atoms with Crippen LogP contribution in [0.4, 0.5) is 5.69 Å². The number of anilines is 1. The van der Waals surface area contributed by atoms with Gasteiger partial charge in [0.1, 0.15) is 5.40 Å². The molecular formula is C21H30N2O3S. The van der Waals surface area contributed by atoms with Gasteiger partial charge >= 0.3 is 5.97 Å². The first-order valence-corrected chi connectivity index (χ1v) is 10.4. The largest absolute Gasteiger partial charge is 0.469 e. The lowest BCUT2D eigenvalue weighted by Gasteiger charge is -2.38. The highest BCUT2D eigenvalue weighted by molar-refractivity contribution is 8.03. The third kappa shape index (κ3) is 6.15. The summed E-state index contributed by atoms with van der Waals surface area (Å²) in [7, 11) is 1.41. The number of nitrogens with zero attached hydrogens (tertiary/aromatic N) is 2. The zero-order valence-corrected chi connectivity index (χ0v) is 17.6. The SMILES string of the molecule is COC(=O)CC(C)c1ccc(N(CC(C)C)C2CCOCC2)c(SC#N)c1. The van der Waals surface area contributed by atoms with Gasteiger partial charge in [0.2, 0.25) is 0 Å². The molecule has 1 unspecified atom stereocenters. The van der Waals surface area contributed by atoms with E-state index in [9.17, 15) is 10.1 Å². The van der Waals surface area contributed by atoms with Crippen LogP contribution in [0.3, 0.4) is 0 Å². The van der Waals surface area contributed by atoms with Crippen molar-refractivity contribution in [2.24, 2.45) is 5.92 Å². The molecule has 6 heteroatoms. The second-order valence-electron chi connectivity index (χ2n) is 7.49. The van der Waals surface area contributed by atoms with E-state index in [-0.39, 0.29) is 11.9 Å². The summed E-state index contributed by atoms with van der Waals surface area (Å²) < 4.78 is 10.3. The second kappa shape index (κ2) is 10.6. The normalized spacial score (nSPS) is 16.0. The van der Waals surface area contributed by atoms with Crippen molar-refractivity contribution in [3.63, 3.8) is 0 Å². The van der Waals surface area contributed by atoms with Gasteiger partial charge in [-0.25, -0.2) is 0 Å². The molecule has 1 heterocycles. The standard InChI is InChI=1S/C21H30N2O3S/c1-15(2)13-23(18-7-9-26-10-8-18)19-6-5-17(12-20(19)27-14-22)16(3)11-21(24)25-4/h5-6,12,15-16,18H,7-11,13H2,1-4H3. The van der Waals surface area contributed by atoms with E-state index in [4.69, 9.17) is 9.47 Å². The Kier molecular flexibility index (Phi) is 8.46. The van der Waals surface area contributed by atoms with E-state index < -0.39 is 0 Å². The van der Waals surface area contributed by atoms with E-state index in [1.165, 1.54) is 18.9 Å². The maximum Gasteiger partial charge on any atom is 0.306 e. The average molecular weight is 391 g/mol. The van der Waals surface area contributed by atoms with Crippen LogP contribution in [0.5, 0.6) is 0 Å². The summed E-state index contributed by atoms with van der Waals surface area (Å²) in [5.41, 5.74) is 2.16. The minimum atomic E-state index is -0.218. The van der Waals surface area contributed by atoms with Gasteiger partial charge < -0.3 is 14.4 Å². The molecule has 1 aliphatic rings. The third-order valence-corrected chi connectivity index (χ3v) is 5.55. The molecule has 1 atom stereocenters. The van der Waals surface area contributed by atoms with Gasteiger partial charge in [0.05, 0.1) is 19.2 Å². The van der Waals surface area contributed by atoms with Crippen molar-refractivity contribution in [3.05, 3.63) is 23.8 Å². The summed E-state index contributed by atoms with van der Waals surface area (Å²) >= 11 is 1.19. The van der Waals surface area contributed by atoms with Crippen LogP contribution in [0.15, 0.2) is 23.1 Å². The Hall–Kier alpha value is -1.71. The predicted molar refractivity (Wildman–Crippen MR) is 109 cm³/mol. The molecule has 0 aliphatic carbocycles. The molecule has 1 fully saturated rings. The second-order valence-corrected chi connectivity index (χ2v) is 8.32. The Bertz CT molecular complexity index is 666. The number of hydrogen-bond acceptors (Lipinski definition) is 6. The summed E-state index contributed by atoms with van der Waals surface area (Å²) in [5, 5.41) is 11.6. The van der Waals surface area contributed by atoms with Gasteiger partial charge in [-0.3, -0.25) is 4.79 Å². The van der Waals surface area contributed by atoms with Crippen LogP contribution < -0.4 is 4.90 Å². The summed E-state index contributed by atoms with van der Waals surface area (Å²) in [6.45, 7) is 8.97. The summed E-state index contributed by atoms with van der Waals surface area (Å²) in [6.07, 6.45) is 2.34. The molecule has 0 amide bonds. The zero-order chi connectivity index (χ0) is 19.8. The van der Waals surface area contributed by atoms with Crippen LogP contribution in [-0.4, -0.2) is 38.9 Å². The van der Waals surface area contributed by atoms with E-state index in [2.05, 4.69) is 42.3 Å². The fourth-order valence-corrected chi connectivity index (χ4v) is 4.07. The fraction of sp³-hybridized carbons (Fsp3) is 0.619. The Balaban J connectivity index is 2.34. The molecule has 2 rings (SSSR count). The molecule has 1 aliphatic heterocycles. The number of thiocyanates is 1. The van der Waals surface area contributed by atoms with Crippen molar-refractivity contribution in [3.8, 4) is 5.40 Å². The van der Waals surface area contributed by atoms with Gasteiger partial charge in [0.15, 0.2) is 0 Å². The minimum absolute atomic E-state index is 0.0474. The molecule has 148 valence electrons. The minimum Gasteiger partial charge on any atom is -0.469 e. The van der Waals surface area contributed by atoms with Gasteiger partial charge in [0.25, 0.3) is 0 Å². The predicted octanol–water partition coefficient (Wildman–Crippen LogP) is 4.57. The van der Waals surface area contributed by atoms with Crippen molar-refractivity contribution in [1.82, 2.24) is 0 Å². The highest BCUT2D eigenvalue weighted by atomic mass is 32.2. The third-order valence-electron chi connectivity index (χ3n) is 4.91. The van der Waals surface area contributed by atoms with E-state index >= 15 is 0 Å². The number of methoxy groups -OCH3 is 1. The van der Waals surface area contributed by atoms with Gasteiger partial charge in [-0.05, 0) is 54.1 Å². The van der Waals surface area contributed by atoms with Gasteiger partial charge in [-0.15, -0.1) is 0 Å². The van der Waals surface area contributed by atoms with Crippen molar-refractivity contribution in [2.75, 3.05) is 31.8 Å². The highest BCUT2D eigenvalue weighted by Crippen LogP contribution is 2.36. The highest BCUT2D eigenvalue weighted by Gasteiger charge is 2.25. The Morgan fingerprint density at radius 1 is 1.37 bits per heavy atom. The Morgan fingerprint density at radius 3 is 2.67 bits per heavy atom. The number of hydrogen-bond donors (Lipinski definition) is 0. The number of carbonyl (C=O) groups is 1. The number of ether oxygens (including phenoxy) is 2. The van der Waals surface area contributed by atoms with Crippen LogP contribution in [-0.2, 0) is 14.3 Å². The van der Waals surface area contributed by atoms with Crippen molar-refractivity contribution in [2.45, 2.75) is 56.9 Å². The number of esters is 1. The van der Waals surface area contributed by atoms with E-state index in [0.717, 1.165) is 48.7 Å². The number of benzene rings is 1. The molecule has 0 aromatic heterocycles. The molecular weight excluding hydrogens is 360 g/mol. The summed E-state index contributed by atoms with van der Waals surface area (Å²) in [4.78, 5) is 15.0. The smallest absolute Gasteiger partial charge is 0.306 e. The first kappa shape index (κ1) is 21.6. The van der Waals surface area contributed by atoms with Crippen molar-refractivity contribution >= 4 is 23.4 Å². The molecule has 1 saturated heterocycles. The van der Waals surface area contributed by atoms with Crippen LogP contribution in [0.1, 0.15) is 51.5 Å². The fourth-order valence-electron chi connectivity index (χ4n) is 3.49. The topological polar surface area (TPSA) is 62.6 Å². The molecule has 0 N–H and O–H groups in total. The average Bonchev–Trinajstić information content (AvgIpc) is 2.67. The van der Waals surface area contributed by atoms with Crippen molar-refractivity contribution < 1.29 is 14.3 Å². The zero-order valence-electron chi connectivity index (χ0n) is 16.7. The lowest BCUT2D eigenvalue weighted by molar-refractivity contribution is -0.140. The first-order chi connectivity index (χ1) is 13.0. The van der Waals surface area contributed by atoms with Crippen LogP contribution in [0.25, 0.3) is 0 Å². The summed E-state index contributed by atoms with van der Waals surface area (Å²) in [6, 6.07) is 6.68. The first-order valence-electron chi connectivity index (χ1n) is 9.57. The monoisotopic (exact) mass is 390 g/mol. The quantitative estimate of drug-likeness (QED) is 0.368. The van der Waals surface area contributed by atoms with Gasteiger partial charge in [-0.2, -0.15) is 5.26 Å². The molecule has 0 bridgehead atoms. The lowest BCUT2D eigenvalue weighted by Crippen LogP contribution is -2.42. The van der Waals surface area contributed by atoms with Crippen LogP contribution in [0, 0.1) is 16.6 Å². The Labute approximate surface area is 167 Å². The molecule has 1 aromatic rings. The molecule has 1 aromatic carbocycles.